The smallest absolute Gasteiger partial charge is 0.163 e. The summed E-state index contributed by atoms with van der Waals surface area (Å²) in [7, 11) is 0. The number of halogens is 1. The number of aromatic nitrogens is 3. The first-order chi connectivity index (χ1) is 12.6. The van der Waals surface area contributed by atoms with Crippen LogP contribution in [-0.2, 0) is 0 Å². The highest BCUT2D eigenvalue weighted by Gasteiger charge is 2.08. The van der Waals surface area contributed by atoms with E-state index in [0.717, 1.165) is 42.3 Å². The zero-order valence-electron chi connectivity index (χ0n) is 14.5. The Kier molecular flexibility index (Phi) is 5.86. The quantitative estimate of drug-likeness (QED) is 0.546. The summed E-state index contributed by atoms with van der Waals surface area (Å²) in [6.07, 6.45) is 4.36. The zero-order chi connectivity index (χ0) is 18.4. The Labute approximate surface area is 157 Å². The van der Waals surface area contributed by atoms with Crippen molar-refractivity contribution in [2.75, 3.05) is 29.5 Å². The summed E-state index contributed by atoms with van der Waals surface area (Å²) >= 11 is 6.24. The first-order valence-corrected chi connectivity index (χ1v) is 8.79. The van der Waals surface area contributed by atoms with E-state index < -0.39 is 0 Å². The highest BCUT2D eigenvalue weighted by atomic mass is 35.5. The third-order valence-electron chi connectivity index (χ3n) is 3.82. The van der Waals surface area contributed by atoms with E-state index in [1.54, 1.807) is 6.20 Å². The van der Waals surface area contributed by atoms with Gasteiger partial charge in [-0.2, -0.15) is 0 Å². The fourth-order valence-corrected chi connectivity index (χ4v) is 2.64. The van der Waals surface area contributed by atoms with E-state index in [1.807, 2.05) is 49.5 Å². The molecular formula is C19H21ClN6. The van der Waals surface area contributed by atoms with Gasteiger partial charge in [0, 0.05) is 30.4 Å². The lowest BCUT2D eigenvalue weighted by molar-refractivity contribution is 0.895. The number of pyridine rings is 1. The van der Waals surface area contributed by atoms with Crippen LogP contribution in [0.25, 0.3) is 11.4 Å². The van der Waals surface area contributed by atoms with Gasteiger partial charge in [-0.3, -0.25) is 0 Å². The van der Waals surface area contributed by atoms with Gasteiger partial charge in [-0.15, -0.1) is 0 Å². The third kappa shape index (κ3) is 4.61. The first-order valence-electron chi connectivity index (χ1n) is 8.41. The monoisotopic (exact) mass is 368 g/mol. The lowest BCUT2D eigenvalue weighted by Crippen LogP contribution is -2.11. The van der Waals surface area contributed by atoms with Crippen LogP contribution in [0.15, 0.2) is 48.8 Å². The summed E-state index contributed by atoms with van der Waals surface area (Å²) in [5.74, 6) is 2.26. The topological polar surface area (TPSA) is 88.8 Å². The number of nitrogens with one attached hydrogen (secondary N) is 2. The maximum absolute atomic E-state index is 6.24. The maximum atomic E-state index is 6.24. The summed E-state index contributed by atoms with van der Waals surface area (Å²) in [4.78, 5) is 13.2. The number of nitrogens with zero attached hydrogens (tertiary/aromatic N) is 3. The SMILES string of the molecule is Cc1cnc(-c2ccccc2Cl)nc1NCCCNc1ccc(N)cn1. The van der Waals surface area contributed by atoms with Gasteiger partial charge in [0.2, 0.25) is 0 Å². The number of hydrogen-bond donors (Lipinski definition) is 3. The minimum atomic E-state index is 0.618. The summed E-state index contributed by atoms with van der Waals surface area (Å²) in [6.45, 7) is 3.56. The molecule has 7 heteroatoms. The number of nitrogen functional groups attached to an aromatic ring is 1. The number of benzene rings is 1. The van der Waals surface area contributed by atoms with Gasteiger partial charge >= 0.3 is 0 Å². The average molecular weight is 369 g/mol. The lowest BCUT2D eigenvalue weighted by atomic mass is 10.2. The molecule has 0 saturated heterocycles. The second kappa shape index (κ2) is 8.49. The van der Waals surface area contributed by atoms with Gasteiger partial charge in [0.05, 0.1) is 16.9 Å². The standard InChI is InChI=1S/C19H21ClN6/c1-13-11-25-19(15-5-2-3-6-16(15)20)26-18(13)23-10-4-9-22-17-8-7-14(21)12-24-17/h2-3,5-8,11-12H,4,9-10,21H2,1H3,(H,22,24)(H,23,25,26). The molecule has 0 aliphatic heterocycles. The van der Waals surface area contributed by atoms with Crippen molar-refractivity contribution < 1.29 is 0 Å². The average Bonchev–Trinajstić information content (AvgIpc) is 2.65. The molecule has 0 amide bonds. The van der Waals surface area contributed by atoms with Crippen LogP contribution in [0.2, 0.25) is 5.02 Å². The molecule has 26 heavy (non-hydrogen) atoms. The van der Waals surface area contributed by atoms with E-state index in [4.69, 9.17) is 17.3 Å². The Morgan fingerprint density at radius 1 is 1.00 bits per heavy atom. The van der Waals surface area contributed by atoms with Gasteiger partial charge in [0.1, 0.15) is 11.6 Å². The fraction of sp³-hybridized carbons (Fsp3) is 0.211. The molecule has 0 atom stereocenters. The van der Waals surface area contributed by atoms with Gasteiger partial charge in [-0.05, 0) is 37.6 Å². The molecule has 0 aliphatic rings. The largest absolute Gasteiger partial charge is 0.397 e. The minimum absolute atomic E-state index is 0.618. The number of rotatable bonds is 7. The lowest BCUT2D eigenvalue weighted by Gasteiger charge is -2.11. The Balaban J connectivity index is 1.55. The van der Waals surface area contributed by atoms with Crippen molar-refractivity contribution in [2.45, 2.75) is 13.3 Å². The highest BCUT2D eigenvalue weighted by Crippen LogP contribution is 2.26. The van der Waals surface area contributed by atoms with E-state index in [-0.39, 0.29) is 0 Å². The predicted octanol–water partition coefficient (Wildman–Crippen LogP) is 4.00. The van der Waals surface area contributed by atoms with E-state index in [2.05, 4.69) is 25.6 Å². The van der Waals surface area contributed by atoms with Crippen molar-refractivity contribution in [1.82, 2.24) is 15.0 Å². The van der Waals surface area contributed by atoms with Crippen molar-refractivity contribution in [3.05, 3.63) is 59.4 Å². The number of anilines is 3. The fourth-order valence-electron chi connectivity index (χ4n) is 2.41. The Bertz CT molecular complexity index is 866. The van der Waals surface area contributed by atoms with Gasteiger partial charge in [0.15, 0.2) is 5.82 Å². The molecule has 6 nitrogen and oxygen atoms in total. The van der Waals surface area contributed by atoms with Crippen LogP contribution in [-0.4, -0.2) is 28.0 Å². The van der Waals surface area contributed by atoms with Crippen molar-refractivity contribution in [3.63, 3.8) is 0 Å². The van der Waals surface area contributed by atoms with Crippen molar-refractivity contribution in [2.24, 2.45) is 0 Å². The Hall–Kier alpha value is -2.86. The summed E-state index contributed by atoms with van der Waals surface area (Å²) < 4.78 is 0. The van der Waals surface area contributed by atoms with Gasteiger partial charge in [0.25, 0.3) is 0 Å². The molecular weight excluding hydrogens is 348 g/mol. The molecule has 4 N–H and O–H groups in total. The molecule has 0 bridgehead atoms. The molecule has 2 heterocycles. The van der Waals surface area contributed by atoms with E-state index in [9.17, 15) is 0 Å². The van der Waals surface area contributed by atoms with Crippen molar-refractivity contribution in [3.8, 4) is 11.4 Å². The van der Waals surface area contributed by atoms with E-state index in [1.165, 1.54) is 0 Å². The molecule has 3 aromatic rings. The second-order valence-corrected chi connectivity index (χ2v) is 6.30. The molecule has 0 aliphatic carbocycles. The molecule has 0 radical (unpaired) electrons. The van der Waals surface area contributed by atoms with Crippen molar-refractivity contribution >= 4 is 28.9 Å². The van der Waals surface area contributed by atoms with Crippen LogP contribution in [0.4, 0.5) is 17.3 Å². The van der Waals surface area contributed by atoms with Gasteiger partial charge in [-0.25, -0.2) is 15.0 Å². The maximum Gasteiger partial charge on any atom is 0.163 e. The Morgan fingerprint density at radius 3 is 2.58 bits per heavy atom. The molecule has 2 aromatic heterocycles. The second-order valence-electron chi connectivity index (χ2n) is 5.89. The molecule has 134 valence electrons. The van der Waals surface area contributed by atoms with Gasteiger partial charge < -0.3 is 16.4 Å². The number of aryl methyl sites for hydroxylation is 1. The zero-order valence-corrected chi connectivity index (χ0v) is 15.3. The van der Waals surface area contributed by atoms with E-state index >= 15 is 0 Å². The summed E-state index contributed by atoms with van der Waals surface area (Å²) in [5, 5.41) is 7.27. The predicted molar refractivity (Wildman–Crippen MR) is 107 cm³/mol. The van der Waals surface area contributed by atoms with Crippen LogP contribution in [0.3, 0.4) is 0 Å². The number of nitrogens with two attached hydrogens (primary N) is 1. The van der Waals surface area contributed by atoms with Crippen LogP contribution in [0.1, 0.15) is 12.0 Å². The van der Waals surface area contributed by atoms with Crippen LogP contribution < -0.4 is 16.4 Å². The van der Waals surface area contributed by atoms with Crippen LogP contribution in [0.5, 0.6) is 0 Å². The van der Waals surface area contributed by atoms with E-state index in [0.29, 0.717) is 16.5 Å². The molecule has 3 rings (SSSR count). The van der Waals surface area contributed by atoms with Crippen LogP contribution >= 0.6 is 11.6 Å². The molecule has 0 unspecified atom stereocenters. The molecule has 0 saturated carbocycles. The van der Waals surface area contributed by atoms with Gasteiger partial charge in [-0.1, -0.05) is 23.7 Å². The Morgan fingerprint density at radius 2 is 1.81 bits per heavy atom. The molecule has 1 aromatic carbocycles. The molecule has 0 spiro atoms. The first kappa shape index (κ1) is 17.9. The molecule has 0 fully saturated rings. The number of hydrogen-bond acceptors (Lipinski definition) is 6. The summed E-state index contributed by atoms with van der Waals surface area (Å²) in [5.41, 5.74) is 8.10. The summed E-state index contributed by atoms with van der Waals surface area (Å²) in [6, 6.07) is 11.3. The van der Waals surface area contributed by atoms with Crippen LogP contribution in [0, 0.1) is 6.92 Å². The van der Waals surface area contributed by atoms with Crippen molar-refractivity contribution in [1.29, 1.82) is 0 Å². The highest BCUT2D eigenvalue weighted by molar-refractivity contribution is 6.33. The third-order valence-corrected chi connectivity index (χ3v) is 4.15. The normalized spacial score (nSPS) is 10.5. The minimum Gasteiger partial charge on any atom is -0.397 e.